The summed E-state index contributed by atoms with van der Waals surface area (Å²) in [6.45, 7) is 10.1. The fraction of sp³-hybridized carbons (Fsp3) is 0.491. The topological polar surface area (TPSA) is 104 Å². The third-order valence-electron chi connectivity index (χ3n) is 14.1. The normalized spacial score (nSPS) is 22.6. The van der Waals surface area contributed by atoms with Gasteiger partial charge in [0.2, 0.25) is 10.0 Å². The highest BCUT2D eigenvalue weighted by atomic mass is 35.5. The van der Waals surface area contributed by atoms with Crippen molar-refractivity contribution in [1.29, 1.82) is 0 Å². The van der Waals surface area contributed by atoms with E-state index in [0.717, 1.165) is 90.7 Å². The molecular formula is C53H65ClN2O8S. The Labute approximate surface area is 391 Å². The molecule has 4 aromatic rings. The molecule has 4 aliphatic rings. The van der Waals surface area contributed by atoms with Crippen LogP contribution >= 0.6 is 11.6 Å². The van der Waals surface area contributed by atoms with E-state index in [4.69, 9.17) is 35.3 Å². The van der Waals surface area contributed by atoms with E-state index in [1.165, 1.54) is 16.7 Å². The first-order valence-electron chi connectivity index (χ1n) is 23.1. The number of fused-ring (bicyclic) bond motifs is 3. The second kappa shape index (κ2) is 19.4. The number of allylic oxidation sites excluding steroid dienone is 1. The number of carbonyl (C=O) groups is 1. The van der Waals surface area contributed by atoms with Crippen molar-refractivity contribution < 1.29 is 36.9 Å². The van der Waals surface area contributed by atoms with Crippen LogP contribution in [0.3, 0.4) is 0 Å². The van der Waals surface area contributed by atoms with Gasteiger partial charge in [0.05, 0.1) is 43.4 Å². The van der Waals surface area contributed by atoms with Crippen molar-refractivity contribution in [2.24, 2.45) is 17.8 Å². The van der Waals surface area contributed by atoms with E-state index in [2.05, 4.69) is 23.1 Å². The lowest BCUT2D eigenvalue weighted by atomic mass is 9.65. The zero-order chi connectivity index (χ0) is 46.1. The van der Waals surface area contributed by atoms with Gasteiger partial charge >= 0.3 is 5.97 Å². The minimum atomic E-state index is -3.70. The Bertz CT molecular complexity index is 2420. The molecule has 348 valence electrons. The van der Waals surface area contributed by atoms with Crippen LogP contribution in [0.5, 0.6) is 17.2 Å². The maximum absolute atomic E-state index is 14.4. The smallest absolute Gasteiger partial charge is 0.338 e. The first kappa shape index (κ1) is 47.0. The van der Waals surface area contributed by atoms with E-state index >= 15 is 0 Å². The van der Waals surface area contributed by atoms with Crippen molar-refractivity contribution in [3.8, 4) is 17.2 Å². The SMILES string of the molecule is COc1ccc(CN(Cc2ccc(OC)cc2)S(=O)(=O)[C@@H](C)C[C@@H]2C=C([C@H](OC)[C@@H]3CC[C@H]3CN3C[C@@]4(CCCc5cc(Cl)ccc54)COc4ccc(C(=O)OC(C)(C)C)cc43)C2)cc1. The van der Waals surface area contributed by atoms with Crippen LogP contribution in [-0.4, -0.2) is 76.7 Å². The standard InChI is InChI=1S/C53H65ClN2O8S/c1-35(65(58,59)56(30-36-10-17-44(60-5)18-11-36)31-37-12-19-45(61-6)20-13-37)25-38-26-42(27-38)50(62-7)46-21-14-41(46)32-55-33-53(24-8-9-39-28-43(54)16-22-47(39)53)34-63-49-23-15-40(29-48(49)55)51(57)64-52(2,3)4/h10-13,15-20,22-23,26,28-29,35,38,41,46,50H,8-9,14,21,24-25,27,30-34H2,1-7H3/t35-,38+,41-,46+,50-,53-/m0/s1. The molecule has 1 heterocycles. The molecule has 0 aromatic heterocycles. The number of anilines is 1. The quantitative estimate of drug-likeness (QED) is 0.0803. The van der Waals surface area contributed by atoms with Gasteiger partial charge in [0, 0.05) is 43.7 Å². The molecule has 0 radical (unpaired) electrons. The van der Waals surface area contributed by atoms with E-state index in [1.807, 2.05) is 100 Å². The monoisotopic (exact) mass is 924 g/mol. The van der Waals surface area contributed by atoms with Gasteiger partial charge in [0.15, 0.2) is 0 Å². The van der Waals surface area contributed by atoms with Gasteiger partial charge in [-0.15, -0.1) is 0 Å². The summed E-state index contributed by atoms with van der Waals surface area (Å²) in [5.74, 6) is 2.64. The molecule has 0 saturated heterocycles. The number of hydrogen-bond donors (Lipinski definition) is 0. The van der Waals surface area contributed by atoms with Crippen LogP contribution in [0.25, 0.3) is 0 Å². The molecule has 0 amide bonds. The summed E-state index contributed by atoms with van der Waals surface area (Å²) < 4.78 is 60.1. The van der Waals surface area contributed by atoms with Crippen LogP contribution in [0.2, 0.25) is 5.02 Å². The van der Waals surface area contributed by atoms with Crippen molar-refractivity contribution >= 4 is 33.3 Å². The Morgan fingerprint density at radius 1 is 0.923 bits per heavy atom. The average Bonchev–Trinajstić information content (AvgIpc) is 3.41. The second-order valence-electron chi connectivity index (χ2n) is 19.7. The number of rotatable bonds is 16. The van der Waals surface area contributed by atoms with Gasteiger partial charge in [0.25, 0.3) is 0 Å². The molecule has 1 aliphatic heterocycles. The third-order valence-corrected chi connectivity index (χ3v) is 16.5. The molecule has 10 nitrogen and oxygen atoms in total. The van der Waals surface area contributed by atoms with Crippen molar-refractivity contribution in [2.75, 3.05) is 45.9 Å². The molecule has 6 atom stereocenters. The number of halogens is 1. The largest absolute Gasteiger partial charge is 0.497 e. The van der Waals surface area contributed by atoms with Gasteiger partial charge in [-0.25, -0.2) is 13.2 Å². The van der Waals surface area contributed by atoms with Crippen LogP contribution in [0.1, 0.15) is 98.8 Å². The molecule has 3 aliphatic carbocycles. The minimum absolute atomic E-state index is 0.0548. The van der Waals surface area contributed by atoms with Crippen molar-refractivity contribution in [3.05, 3.63) is 129 Å². The lowest BCUT2D eigenvalue weighted by Gasteiger charge is -2.48. The van der Waals surface area contributed by atoms with Crippen LogP contribution in [0.4, 0.5) is 5.69 Å². The van der Waals surface area contributed by atoms with Crippen molar-refractivity contribution in [3.63, 3.8) is 0 Å². The van der Waals surface area contributed by atoms with Gasteiger partial charge < -0.3 is 28.6 Å². The van der Waals surface area contributed by atoms with Gasteiger partial charge in [-0.1, -0.05) is 48.0 Å². The van der Waals surface area contributed by atoms with Crippen LogP contribution < -0.4 is 19.1 Å². The van der Waals surface area contributed by atoms with Gasteiger partial charge in [-0.2, -0.15) is 4.31 Å². The number of sulfonamides is 1. The van der Waals surface area contributed by atoms with E-state index in [9.17, 15) is 13.2 Å². The Kier molecular flexibility index (Phi) is 14.0. The number of methoxy groups -OCH3 is 3. The Morgan fingerprint density at radius 2 is 1.58 bits per heavy atom. The lowest BCUT2D eigenvalue weighted by Crippen LogP contribution is -2.50. The molecule has 1 fully saturated rings. The zero-order valence-corrected chi connectivity index (χ0v) is 40.6. The summed E-state index contributed by atoms with van der Waals surface area (Å²) in [6.07, 6.45) is 8.67. The predicted octanol–water partition coefficient (Wildman–Crippen LogP) is 10.6. The van der Waals surface area contributed by atoms with Crippen molar-refractivity contribution in [1.82, 2.24) is 4.31 Å². The predicted molar refractivity (Wildman–Crippen MR) is 257 cm³/mol. The molecule has 0 unspecified atom stereocenters. The van der Waals surface area contributed by atoms with E-state index in [0.29, 0.717) is 30.4 Å². The maximum Gasteiger partial charge on any atom is 0.338 e. The zero-order valence-electron chi connectivity index (χ0n) is 39.0. The molecule has 8 rings (SSSR count). The number of carbonyl (C=O) groups excluding carboxylic acids is 1. The molecule has 1 saturated carbocycles. The summed E-state index contributed by atoms with van der Waals surface area (Å²) in [6, 6.07) is 27.1. The van der Waals surface area contributed by atoms with Gasteiger partial charge in [-0.3, -0.25) is 0 Å². The Hall–Kier alpha value is -4.55. The number of benzene rings is 4. The molecule has 0 N–H and O–H groups in total. The summed E-state index contributed by atoms with van der Waals surface area (Å²) in [4.78, 5) is 15.9. The summed E-state index contributed by atoms with van der Waals surface area (Å²) >= 11 is 6.53. The average molecular weight is 926 g/mol. The molecule has 1 spiro atoms. The lowest BCUT2D eigenvalue weighted by molar-refractivity contribution is 0.000410. The molecule has 65 heavy (non-hydrogen) atoms. The summed E-state index contributed by atoms with van der Waals surface area (Å²) in [5, 5.41) is 0.156. The number of esters is 1. The van der Waals surface area contributed by atoms with Crippen LogP contribution in [0.15, 0.2) is 96.6 Å². The van der Waals surface area contributed by atoms with Crippen LogP contribution in [0, 0.1) is 17.8 Å². The van der Waals surface area contributed by atoms with E-state index in [1.54, 1.807) is 25.6 Å². The molecule has 12 heteroatoms. The molecule has 0 bridgehead atoms. The highest BCUT2D eigenvalue weighted by Crippen LogP contribution is 2.49. The van der Waals surface area contributed by atoms with Gasteiger partial charge in [-0.05, 0) is 173 Å². The second-order valence-corrected chi connectivity index (χ2v) is 22.5. The number of nitrogens with zero attached hydrogens (tertiary/aromatic N) is 2. The summed E-state index contributed by atoms with van der Waals surface area (Å²) in [7, 11) is 1.35. The number of ether oxygens (including phenoxy) is 5. The first-order chi connectivity index (χ1) is 31.1. The summed E-state index contributed by atoms with van der Waals surface area (Å²) in [5.41, 5.74) is 6.17. The minimum Gasteiger partial charge on any atom is -0.497 e. The maximum atomic E-state index is 14.4. The highest BCUT2D eigenvalue weighted by molar-refractivity contribution is 7.89. The fourth-order valence-electron chi connectivity index (χ4n) is 10.5. The van der Waals surface area contributed by atoms with Crippen molar-refractivity contribution in [2.45, 2.75) is 108 Å². The third kappa shape index (κ3) is 10.4. The highest BCUT2D eigenvalue weighted by Gasteiger charge is 2.46. The van der Waals surface area contributed by atoms with Gasteiger partial charge in [0.1, 0.15) is 22.8 Å². The fourth-order valence-corrected chi connectivity index (χ4v) is 12.4. The number of aryl methyl sites for hydroxylation is 1. The van der Waals surface area contributed by atoms with Crippen LogP contribution in [-0.2, 0) is 44.4 Å². The van der Waals surface area contributed by atoms with E-state index in [-0.39, 0.29) is 36.5 Å². The number of hydrogen-bond acceptors (Lipinski definition) is 9. The first-order valence-corrected chi connectivity index (χ1v) is 25.0. The van der Waals surface area contributed by atoms with E-state index < -0.39 is 20.9 Å². The Balaban J connectivity index is 0.991. The Morgan fingerprint density at radius 3 is 2.17 bits per heavy atom. The molecule has 4 aromatic carbocycles. The molecular weight excluding hydrogens is 860 g/mol.